The zero-order valence-electron chi connectivity index (χ0n) is 12.3. The lowest BCUT2D eigenvalue weighted by atomic mass is 9.95. The van der Waals surface area contributed by atoms with Gasteiger partial charge in [-0.25, -0.2) is 0 Å². The summed E-state index contributed by atoms with van der Waals surface area (Å²) < 4.78 is 0. The van der Waals surface area contributed by atoms with Crippen LogP contribution in [0.5, 0.6) is 0 Å². The van der Waals surface area contributed by atoms with Crippen LogP contribution in [0.4, 0.5) is 0 Å². The Morgan fingerprint density at radius 3 is 3.05 bits per heavy atom. The van der Waals surface area contributed by atoms with Gasteiger partial charge >= 0.3 is 0 Å². The number of unbranched alkanes of at least 4 members (excludes halogenated alkanes) is 2. The average molecular weight is 258 g/mol. The highest BCUT2D eigenvalue weighted by atomic mass is 15.2. The van der Waals surface area contributed by atoms with Gasteiger partial charge in [0, 0.05) is 25.7 Å². The number of hydrogen-bond donors (Lipinski definition) is 1. The van der Waals surface area contributed by atoms with Crippen molar-refractivity contribution in [3.63, 3.8) is 0 Å². The Labute approximate surface area is 117 Å². The summed E-state index contributed by atoms with van der Waals surface area (Å²) in [6, 6.07) is 8.41. The maximum absolute atomic E-state index is 3.61. The highest BCUT2D eigenvalue weighted by Gasteiger charge is 2.36. The van der Waals surface area contributed by atoms with Gasteiger partial charge < -0.3 is 5.32 Å². The average Bonchev–Trinajstić information content (AvgIpc) is 2.78. The maximum atomic E-state index is 3.61. The van der Waals surface area contributed by atoms with Crippen LogP contribution in [-0.4, -0.2) is 24.0 Å². The third kappa shape index (κ3) is 2.56. The fraction of sp³-hybridized carbons (Fsp3) is 0.647. The zero-order valence-corrected chi connectivity index (χ0v) is 12.3. The van der Waals surface area contributed by atoms with Crippen LogP contribution in [0.1, 0.15) is 55.8 Å². The predicted octanol–water partition coefficient (Wildman–Crippen LogP) is 3.27. The molecule has 0 aromatic heterocycles. The molecule has 2 unspecified atom stereocenters. The Kier molecular flexibility index (Phi) is 3.90. The van der Waals surface area contributed by atoms with E-state index in [1.54, 1.807) is 11.1 Å². The first-order chi connectivity index (χ1) is 9.29. The zero-order chi connectivity index (χ0) is 13.2. The summed E-state index contributed by atoms with van der Waals surface area (Å²) >= 11 is 0. The van der Waals surface area contributed by atoms with Gasteiger partial charge in [-0.3, -0.25) is 4.90 Å². The maximum Gasteiger partial charge on any atom is 0.0505 e. The Hall–Kier alpha value is -0.860. The van der Waals surface area contributed by atoms with Gasteiger partial charge in [0.05, 0.1) is 6.04 Å². The lowest BCUT2D eigenvalue weighted by Crippen LogP contribution is -2.48. The Bertz CT molecular complexity index is 441. The topological polar surface area (TPSA) is 15.3 Å². The highest BCUT2D eigenvalue weighted by Crippen LogP contribution is 2.37. The summed E-state index contributed by atoms with van der Waals surface area (Å²) in [5, 5.41) is 3.61. The molecular weight excluding hydrogens is 232 g/mol. The van der Waals surface area contributed by atoms with Crippen molar-refractivity contribution >= 4 is 0 Å². The van der Waals surface area contributed by atoms with Gasteiger partial charge in [-0.15, -0.1) is 0 Å². The normalized spacial score (nSPS) is 26.2. The Balaban J connectivity index is 1.76. The van der Waals surface area contributed by atoms with Gasteiger partial charge in [0.1, 0.15) is 0 Å². The van der Waals surface area contributed by atoms with Crippen molar-refractivity contribution in [2.75, 3.05) is 13.1 Å². The van der Waals surface area contributed by atoms with Crippen molar-refractivity contribution in [2.45, 2.75) is 58.2 Å². The van der Waals surface area contributed by atoms with Crippen LogP contribution >= 0.6 is 0 Å². The van der Waals surface area contributed by atoms with Crippen molar-refractivity contribution in [3.05, 3.63) is 34.9 Å². The van der Waals surface area contributed by atoms with Gasteiger partial charge in [-0.1, -0.05) is 38.0 Å². The number of piperazine rings is 1. The van der Waals surface area contributed by atoms with Gasteiger partial charge in [-0.2, -0.15) is 0 Å². The van der Waals surface area contributed by atoms with Gasteiger partial charge in [0.2, 0.25) is 0 Å². The first-order valence-electron chi connectivity index (χ1n) is 7.88. The number of nitrogens with one attached hydrogen (secondary N) is 1. The molecule has 2 nitrogen and oxygen atoms in total. The van der Waals surface area contributed by atoms with Crippen molar-refractivity contribution in [1.29, 1.82) is 0 Å². The number of rotatable bonds is 4. The van der Waals surface area contributed by atoms with E-state index in [4.69, 9.17) is 0 Å². The summed E-state index contributed by atoms with van der Waals surface area (Å²) in [6.45, 7) is 8.08. The Morgan fingerprint density at radius 1 is 1.32 bits per heavy atom. The van der Waals surface area contributed by atoms with E-state index in [-0.39, 0.29) is 0 Å². The molecule has 1 saturated heterocycles. The fourth-order valence-electron chi connectivity index (χ4n) is 3.68. The molecule has 0 saturated carbocycles. The largest absolute Gasteiger partial charge is 0.311 e. The highest BCUT2D eigenvalue weighted by molar-refractivity contribution is 5.39. The molecule has 0 bridgehead atoms. The second-order valence-corrected chi connectivity index (χ2v) is 6.15. The van der Waals surface area contributed by atoms with Crippen LogP contribution in [0.2, 0.25) is 0 Å². The van der Waals surface area contributed by atoms with E-state index in [1.807, 2.05) is 0 Å². The molecular formula is C17H26N2. The molecule has 1 aromatic carbocycles. The molecule has 0 amide bonds. The minimum absolute atomic E-state index is 0.584. The van der Waals surface area contributed by atoms with E-state index in [1.165, 1.54) is 37.8 Å². The molecule has 2 heterocycles. The third-order valence-corrected chi connectivity index (χ3v) is 4.70. The van der Waals surface area contributed by atoms with Crippen LogP contribution in [0.3, 0.4) is 0 Å². The molecule has 2 aliphatic heterocycles. The summed E-state index contributed by atoms with van der Waals surface area (Å²) in [4.78, 5) is 2.64. The van der Waals surface area contributed by atoms with Crippen LogP contribution in [0, 0.1) is 0 Å². The first kappa shape index (κ1) is 13.1. The molecule has 0 radical (unpaired) electrons. The van der Waals surface area contributed by atoms with E-state index in [2.05, 4.69) is 42.3 Å². The van der Waals surface area contributed by atoms with Crippen LogP contribution in [-0.2, 0) is 13.0 Å². The number of aryl methyl sites for hydroxylation is 1. The lowest BCUT2D eigenvalue weighted by Gasteiger charge is -2.36. The van der Waals surface area contributed by atoms with E-state index in [0.29, 0.717) is 12.1 Å². The SMILES string of the molecule is CCCCCc1ccc2c(c1)CN1CCNC(C)C21. The second kappa shape index (κ2) is 5.64. The van der Waals surface area contributed by atoms with E-state index in [9.17, 15) is 0 Å². The van der Waals surface area contributed by atoms with Crippen molar-refractivity contribution in [1.82, 2.24) is 10.2 Å². The fourth-order valence-corrected chi connectivity index (χ4v) is 3.68. The Morgan fingerprint density at radius 2 is 2.21 bits per heavy atom. The summed E-state index contributed by atoms with van der Waals surface area (Å²) in [7, 11) is 0. The van der Waals surface area contributed by atoms with E-state index >= 15 is 0 Å². The summed E-state index contributed by atoms with van der Waals surface area (Å²) in [5.74, 6) is 0. The quantitative estimate of drug-likeness (QED) is 0.834. The molecule has 1 N–H and O–H groups in total. The molecule has 1 fully saturated rings. The van der Waals surface area contributed by atoms with Gasteiger partial charge in [0.25, 0.3) is 0 Å². The number of benzene rings is 1. The van der Waals surface area contributed by atoms with Crippen molar-refractivity contribution in [3.8, 4) is 0 Å². The molecule has 2 heteroatoms. The number of nitrogens with zero attached hydrogens (tertiary/aromatic N) is 1. The summed E-state index contributed by atoms with van der Waals surface area (Å²) in [6.07, 6.45) is 5.25. The number of fused-ring (bicyclic) bond motifs is 3. The molecule has 19 heavy (non-hydrogen) atoms. The van der Waals surface area contributed by atoms with Gasteiger partial charge in [-0.05, 0) is 36.5 Å². The smallest absolute Gasteiger partial charge is 0.0505 e. The predicted molar refractivity (Wildman–Crippen MR) is 80.3 cm³/mol. The second-order valence-electron chi connectivity index (χ2n) is 6.15. The van der Waals surface area contributed by atoms with Crippen LogP contribution in [0.25, 0.3) is 0 Å². The van der Waals surface area contributed by atoms with Crippen LogP contribution in [0.15, 0.2) is 18.2 Å². The molecule has 1 aromatic rings. The lowest BCUT2D eigenvalue weighted by molar-refractivity contribution is 0.141. The molecule has 104 valence electrons. The molecule has 2 atom stereocenters. The number of hydrogen-bond acceptors (Lipinski definition) is 2. The minimum Gasteiger partial charge on any atom is -0.311 e. The summed E-state index contributed by atoms with van der Waals surface area (Å²) in [5.41, 5.74) is 4.68. The first-order valence-corrected chi connectivity index (χ1v) is 7.88. The minimum atomic E-state index is 0.584. The molecule has 3 rings (SSSR count). The molecule has 0 spiro atoms. The van der Waals surface area contributed by atoms with E-state index < -0.39 is 0 Å². The van der Waals surface area contributed by atoms with Crippen molar-refractivity contribution < 1.29 is 0 Å². The monoisotopic (exact) mass is 258 g/mol. The third-order valence-electron chi connectivity index (χ3n) is 4.70. The standard InChI is InChI=1S/C17H26N2/c1-3-4-5-6-14-7-8-16-15(11-14)12-19-10-9-18-13(2)17(16)19/h7-8,11,13,17-18H,3-6,9-10,12H2,1-2H3. The van der Waals surface area contributed by atoms with Crippen molar-refractivity contribution in [2.24, 2.45) is 0 Å². The van der Waals surface area contributed by atoms with Gasteiger partial charge in [0.15, 0.2) is 0 Å². The van der Waals surface area contributed by atoms with Crippen LogP contribution < -0.4 is 5.32 Å². The molecule has 0 aliphatic carbocycles. The molecule has 2 aliphatic rings. The van der Waals surface area contributed by atoms with E-state index in [0.717, 1.165) is 13.1 Å².